The Morgan fingerprint density at radius 3 is 1.71 bits per heavy atom. The van der Waals surface area contributed by atoms with E-state index in [0.717, 1.165) is 0 Å². The van der Waals surface area contributed by atoms with Gasteiger partial charge in [0.15, 0.2) is 0 Å². The molecule has 0 heterocycles. The summed E-state index contributed by atoms with van der Waals surface area (Å²) in [6.07, 6.45) is -0.686. The van der Waals surface area contributed by atoms with Crippen LogP contribution in [-0.2, 0) is 14.3 Å². The van der Waals surface area contributed by atoms with Gasteiger partial charge in [-0.05, 0) is 41.5 Å². The number of hydrogen-bond acceptors (Lipinski definition) is 4. The van der Waals surface area contributed by atoms with E-state index in [-0.39, 0.29) is 12.0 Å². The van der Waals surface area contributed by atoms with Crippen LogP contribution in [0.3, 0.4) is 0 Å². The monoisotopic (exact) mass is 246 g/mol. The summed E-state index contributed by atoms with van der Waals surface area (Å²) in [6.45, 7) is 11.1. The smallest absolute Gasteiger partial charge is 0.441 e. The molecule has 6 nitrogen and oxygen atoms in total. The van der Waals surface area contributed by atoms with E-state index >= 15 is 0 Å². The Labute approximate surface area is 102 Å². The Balaban J connectivity index is 0. The second kappa shape index (κ2) is 7.89. The fraction of sp³-hybridized carbons (Fsp3) is 0.818. The van der Waals surface area contributed by atoms with Crippen molar-refractivity contribution in [2.45, 2.75) is 52.7 Å². The van der Waals surface area contributed by atoms with Crippen molar-refractivity contribution in [3.8, 4) is 0 Å². The molecular formula is C11H22N2O4. The van der Waals surface area contributed by atoms with Crippen molar-refractivity contribution in [1.82, 2.24) is 0 Å². The zero-order valence-electron chi connectivity index (χ0n) is 11.6. The van der Waals surface area contributed by atoms with Crippen molar-refractivity contribution in [3.63, 3.8) is 0 Å². The number of methoxy groups -OCH3 is 1. The van der Waals surface area contributed by atoms with E-state index in [1.54, 1.807) is 27.9 Å². The highest BCUT2D eigenvalue weighted by Gasteiger charge is 2.15. The predicted molar refractivity (Wildman–Crippen MR) is 63.9 cm³/mol. The molecule has 0 saturated carbocycles. The molecule has 0 aromatic carbocycles. The summed E-state index contributed by atoms with van der Waals surface area (Å²) in [7, 11) is 1.71. The third kappa shape index (κ3) is 20.7. The third-order valence-corrected chi connectivity index (χ3v) is 1.19. The second-order valence-corrected chi connectivity index (χ2v) is 5.12. The number of rotatable bonds is 1. The maximum Gasteiger partial charge on any atom is 0.453 e. The molecule has 0 N–H and O–H groups in total. The summed E-state index contributed by atoms with van der Waals surface area (Å²) in [6, 6.07) is 0. The number of azo groups is 1. The largest absolute Gasteiger partial charge is 0.453 e. The standard InChI is InChI=1S/C6H10N2O3.C5H12O/c1-6(2,3)11-5(10)8-7-4-9;1-5(2,3)6-4/h4H,1-3H3;1-4H3. The minimum atomic E-state index is -0.857. The third-order valence-electron chi connectivity index (χ3n) is 1.19. The number of carbonyl (C=O) groups excluding carboxylic acids is 2. The number of amides is 2. The predicted octanol–water partition coefficient (Wildman–Crippen LogP) is 2.96. The summed E-state index contributed by atoms with van der Waals surface area (Å²) in [5.74, 6) is 0. The van der Waals surface area contributed by atoms with E-state index in [1.165, 1.54) is 0 Å². The first-order valence-electron chi connectivity index (χ1n) is 5.14. The fourth-order valence-corrected chi connectivity index (χ4v) is 0.353. The molecular weight excluding hydrogens is 224 g/mol. The molecule has 100 valence electrons. The normalized spacial score (nSPS) is 11.7. The average molecular weight is 246 g/mol. The molecule has 0 atom stereocenters. The van der Waals surface area contributed by atoms with Crippen LogP contribution < -0.4 is 0 Å². The number of ether oxygens (including phenoxy) is 2. The van der Waals surface area contributed by atoms with Gasteiger partial charge in [-0.1, -0.05) is 5.11 Å². The van der Waals surface area contributed by atoms with Gasteiger partial charge in [0.2, 0.25) is 0 Å². The van der Waals surface area contributed by atoms with Gasteiger partial charge >= 0.3 is 6.09 Å². The second-order valence-electron chi connectivity index (χ2n) is 5.12. The van der Waals surface area contributed by atoms with Crippen LogP contribution >= 0.6 is 0 Å². The SMILES string of the molecule is CC(C)(C)OC(=O)N=NC=O.COC(C)(C)C. The lowest BCUT2D eigenvalue weighted by Crippen LogP contribution is -2.21. The van der Waals surface area contributed by atoms with Gasteiger partial charge in [-0.25, -0.2) is 4.79 Å². The molecule has 2 amide bonds. The van der Waals surface area contributed by atoms with Gasteiger partial charge in [0.1, 0.15) is 5.60 Å². The van der Waals surface area contributed by atoms with Gasteiger partial charge in [0.25, 0.3) is 6.41 Å². The quantitative estimate of drug-likeness (QED) is 0.526. The zero-order valence-corrected chi connectivity index (χ0v) is 11.6. The molecule has 0 aromatic rings. The Hall–Kier alpha value is -1.30. The first-order chi connectivity index (χ1) is 7.52. The van der Waals surface area contributed by atoms with Gasteiger partial charge < -0.3 is 9.47 Å². The Morgan fingerprint density at radius 2 is 1.47 bits per heavy atom. The highest BCUT2D eigenvalue weighted by atomic mass is 16.6. The minimum Gasteiger partial charge on any atom is -0.441 e. The van der Waals surface area contributed by atoms with Crippen LogP contribution in [-0.4, -0.2) is 30.8 Å². The average Bonchev–Trinajstić information content (AvgIpc) is 2.12. The zero-order chi connectivity index (χ0) is 14.1. The first-order valence-corrected chi connectivity index (χ1v) is 5.14. The molecule has 0 spiro atoms. The van der Waals surface area contributed by atoms with Crippen molar-refractivity contribution in [1.29, 1.82) is 0 Å². The molecule has 0 aliphatic heterocycles. The Morgan fingerprint density at radius 1 is 1.06 bits per heavy atom. The van der Waals surface area contributed by atoms with Gasteiger partial charge in [0.05, 0.1) is 5.60 Å². The molecule has 17 heavy (non-hydrogen) atoms. The maximum atomic E-state index is 10.6. The Kier molecular flexibility index (Phi) is 8.39. The molecule has 0 bridgehead atoms. The van der Waals surface area contributed by atoms with Crippen LogP contribution in [0, 0.1) is 0 Å². The summed E-state index contributed by atoms with van der Waals surface area (Å²) in [4.78, 5) is 20.2. The number of nitrogens with zero attached hydrogens (tertiary/aromatic N) is 2. The molecule has 0 radical (unpaired) electrons. The van der Waals surface area contributed by atoms with Gasteiger partial charge in [-0.15, -0.1) is 5.11 Å². The lowest BCUT2D eigenvalue weighted by molar-refractivity contribution is -0.107. The summed E-state index contributed by atoms with van der Waals surface area (Å²) >= 11 is 0. The molecule has 0 saturated heterocycles. The van der Waals surface area contributed by atoms with E-state index in [4.69, 9.17) is 4.74 Å². The fourth-order valence-electron chi connectivity index (χ4n) is 0.353. The molecule has 0 aromatic heterocycles. The lowest BCUT2D eigenvalue weighted by Gasteiger charge is -2.16. The maximum absolute atomic E-state index is 10.6. The molecule has 0 rings (SSSR count). The van der Waals surface area contributed by atoms with Crippen LogP contribution in [0.25, 0.3) is 0 Å². The van der Waals surface area contributed by atoms with E-state index in [1.807, 2.05) is 20.8 Å². The topological polar surface area (TPSA) is 77.3 Å². The van der Waals surface area contributed by atoms with Crippen molar-refractivity contribution >= 4 is 12.5 Å². The van der Waals surface area contributed by atoms with Crippen LogP contribution in [0.4, 0.5) is 4.79 Å². The van der Waals surface area contributed by atoms with Crippen molar-refractivity contribution < 1.29 is 19.1 Å². The van der Waals surface area contributed by atoms with Gasteiger partial charge in [-0.3, -0.25) is 4.79 Å². The number of carbonyl (C=O) groups is 2. The van der Waals surface area contributed by atoms with E-state index in [9.17, 15) is 9.59 Å². The summed E-state index contributed by atoms with van der Waals surface area (Å²) in [5.41, 5.74) is -0.557. The highest BCUT2D eigenvalue weighted by Crippen LogP contribution is 2.07. The van der Waals surface area contributed by atoms with E-state index in [0.29, 0.717) is 0 Å². The van der Waals surface area contributed by atoms with E-state index < -0.39 is 11.7 Å². The van der Waals surface area contributed by atoms with Crippen molar-refractivity contribution in [2.24, 2.45) is 10.2 Å². The lowest BCUT2D eigenvalue weighted by atomic mass is 10.2. The van der Waals surface area contributed by atoms with Crippen molar-refractivity contribution in [2.75, 3.05) is 7.11 Å². The van der Waals surface area contributed by atoms with Crippen LogP contribution in [0.15, 0.2) is 10.2 Å². The van der Waals surface area contributed by atoms with Crippen molar-refractivity contribution in [3.05, 3.63) is 0 Å². The van der Waals surface area contributed by atoms with E-state index in [2.05, 4.69) is 15.0 Å². The van der Waals surface area contributed by atoms with Gasteiger partial charge in [-0.2, -0.15) is 0 Å². The summed E-state index contributed by atoms with van der Waals surface area (Å²) in [5, 5.41) is 5.75. The summed E-state index contributed by atoms with van der Waals surface area (Å²) < 4.78 is 9.62. The van der Waals surface area contributed by atoms with Crippen LogP contribution in [0.5, 0.6) is 0 Å². The first kappa shape index (κ1) is 18.1. The van der Waals surface area contributed by atoms with Crippen LogP contribution in [0.1, 0.15) is 41.5 Å². The Bertz CT molecular complexity index is 262. The molecule has 0 fully saturated rings. The van der Waals surface area contributed by atoms with Crippen LogP contribution in [0.2, 0.25) is 0 Å². The van der Waals surface area contributed by atoms with Gasteiger partial charge in [0, 0.05) is 7.11 Å². The number of hydrogen-bond donors (Lipinski definition) is 0. The molecule has 0 unspecified atom stereocenters. The molecule has 0 aliphatic carbocycles. The minimum absolute atomic E-state index is 0.0417. The molecule has 0 aliphatic rings. The molecule has 6 heteroatoms. The highest BCUT2D eigenvalue weighted by molar-refractivity contribution is 5.69.